The molecule has 3 aromatic rings. The quantitative estimate of drug-likeness (QED) is 0.499. The number of carbonyl (C=O) groups excluding carboxylic acids is 1. The van der Waals surface area contributed by atoms with Gasteiger partial charge in [0.1, 0.15) is 12.4 Å². The highest BCUT2D eigenvalue weighted by molar-refractivity contribution is 7.99. The van der Waals surface area contributed by atoms with Gasteiger partial charge in [-0.15, -0.1) is 10.2 Å². The summed E-state index contributed by atoms with van der Waals surface area (Å²) < 4.78 is 7.91. The van der Waals surface area contributed by atoms with E-state index in [0.29, 0.717) is 18.9 Å². The fourth-order valence-electron chi connectivity index (χ4n) is 3.19. The zero-order chi connectivity index (χ0) is 21.3. The average Bonchev–Trinajstić information content (AvgIpc) is 3.12. The van der Waals surface area contributed by atoms with Gasteiger partial charge in [-0.3, -0.25) is 4.79 Å². The molecule has 0 atom stereocenters. The zero-order valence-corrected chi connectivity index (χ0v) is 18.5. The maximum absolute atomic E-state index is 12.2. The van der Waals surface area contributed by atoms with Gasteiger partial charge in [0.15, 0.2) is 11.0 Å². The predicted molar refractivity (Wildman–Crippen MR) is 120 cm³/mol. The standard InChI is InChI=1S/C23H28N4O2S/c1-4-27-21(15-29-20-13-17(2)12-18(3)14-20)25-26-23(27)30-16-22(28)24-11-10-19-8-6-5-7-9-19/h5-9,12-14H,4,10-11,15-16H2,1-3H3,(H,24,28). The number of amides is 1. The third-order valence-electron chi connectivity index (χ3n) is 4.58. The number of hydrogen-bond acceptors (Lipinski definition) is 5. The second-order valence-electron chi connectivity index (χ2n) is 7.13. The topological polar surface area (TPSA) is 69.0 Å². The molecule has 2 aromatic carbocycles. The number of benzene rings is 2. The first-order chi connectivity index (χ1) is 14.5. The van der Waals surface area contributed by atoms with Crippen LogP contribution < -0.4 is 10.1 Å². The molecule has 0 aliphatic heterocycles. The lowest BCUT2D eigenvalue weighted by atomic mass is 10.1. The lowest BCUT2D eigenvalue weighted by Crippen LogP contribution is -2.27. The maximum Gasteiger partial charge on any atom is 0.230 e. The number of aromatic nitrogens is 3. The summed E-state index contributed by atoms with van der Waals surface area (Å²) in [4.78, 5) is 12.2. The van der Waals surface area contributed by atoms with Crippen LogP contribution in [0, 0.1) is 13.8 Å². The van der Waals surface area contributed by atoms with Crippen LogP contribution in [0.15, 0.2) is 53.7 Å². The molecule has 0 unspecified atom stereocenters. The normalized spacial score (nSPS) is 10.8. The van der Waals surface area contributed by atoms with Crippen LogP contribution >= 0.6 is 11.8 Å². The summed E-state index contributed by atoms with van der Waals surface area (Å²) in [6, 6.07) is 16.3. The molecule has 1 heterocycles. The first-order valence-corrected chi connectivity index (χ1v) is 11.1. The van der Waals surface area contributed by atoms with Crippen molar-refractivity contribution in [1.29, 1.82) is 0 Å². The SMILES string of the molecule is CCn1c(COc2cc(C)cc(C)c2)nnc1SCC(=O)NCCc1ccccc1. The molecule has 0 aliphatic rings. The van der Waals surface area contributed by atoms with Gasteiger partial charge < -0.3 is 14.6 Å². The van der Waals surface area contributed by atoms with Crippen LogP contribution in [0.2, 0.25) is 0 Å². The van der Waals surface area contributed by atoms with E-state index in [1.165, 1.54) is 17.3 Å². The van der Waals surface area contributed by atoms with Crippen molar-refractivity contribution in [2.75, 3.05) is 12.3 Å². The highest BCUT2D eigenvalue weighted by atomic mass is 32.2. The smallest absolute Gasteiger partial charge is 0.230 e. The van der Waals surface area contributed by atoms with Crippen molar-refractivity contribution in [2.45, 2.75) is 45.5 Å². The lowest BCUT2D eigenvalue weighted by molar-refractivity contribution is -0.118. The molecule has 30 heavy (non-hydrogen) atoms. The van der Waals surface area contributed by atoms with Crippen LogP contribution in [-0.4, -0.2) is 33.0 Å². The molecule has 3 rings (SSSR count). The van der Waals surface area contributed by atoms with Gasteiger partial charge in [0.2, 0.25) is 5.91 Å². The molecule has 0 saturated carbocycles. The molecule has 0 fully saturated rings. The van der Waals surface area contributed by atoms with Crippen molar-refractivity contribution in [2.24, 2.45) is 0 Å². The Morgan fingerprint density at radius 3 is 2.53 bits per heavy atom. The van der Waals surface area contributed by atoms with Crippen molar-refractivity contribution < 1.29 is 9.53 Å². The van der Waals surface area contributed by atoms with E-state index in [0.717, 1.165) is 40.8 Å². The summed E-state index contributed by atoms with van der Waals surface area (Å²) in [5.74, 6) is 1.88. The van der Waals surface area contributed by atoms with E-state index in [9.17, 15) is 4.79 Å². The highest BCUT2D eigenvalue weighted by Gasteiger charge is 2.14. The van der Waals surface area contributed by atoms with E-state index in [2.05, 4.69) is 33.7 Å². The van der Waals surface area contributed by atoms with Gasteiger partial charge in [-0.2, -0.15) is 0 Å². The Morgan fingerprint density at radius 2 is 1.83 bits per heavy atom. The fraction of sp³-hybridized carbons (Fsp3) is 0.348. The number of ether oxygens (including phenoxy) is 1. The van der Waals surface area contributed by atoms with Crippen molar-refractivity contribution in [3.8, 4) is 5.75 Å². The minimum atomic E-state index is -0.00498. The number of carbonyl (C=O) groups is 1. The van der Waals surface area contributed by atoms with Crippen molar-refractivity contribution >= 4 is 17.7 Å². The third-order valence-corrected chi connectivity index (χ3v) is 5.55. The summed E-state index contributed by atoms with van der Waals surface area (Å²) in [7, 11) is 0. The molecule has 0 radical (unpaired) electrons. The Bertz CT molecular complexity index is 952. The van der Waals surface area contributed by atoms with Crippen LogP contribution in [-0.2, 0) is 24.4 Å². The molecule has 7 heteroatoms. The summed E-state index contributed by atoms with van der Waals surface area (Å²) >= 11 is 1.40. The first kappa shape index (κ1) is 21.9. The van der Waals surface area contributed by atoms with Gasteiger partial charge in [-0.05, 0) is 56.0 Å². The van der Waals surface area contributed by atoms with Crippen LogP contribution in [0.4, 0.5) is 0 Å². The largest absolute Gasteiger partial charge is 0.486 e. The molecule has 1 amide bonds. The van der Waals surface area contributed by atoms with Gasteiger partial charge in [-0.1, -0.05) is 48.2 Å². The number of nitrogens with zero attached hydrogens (tertiary/aromatic N) is 3. The third kappa shape index (κ3) is 6.35. The van der Waals surface area contributed by atoms with E-state index < -0.39 is 0 Å². The summed E-state index contributed by atoms with van der Waals surface area (Å²) in [5.41, 5.74) is 3.54. The van der Waals surface area contributed by atoms with E-state index in [4.69, 9.17) is 4.74 Å². The van der Waals surface area contributed by atoms with Gasteiger partial charge >= 0.3 is 0 Å². The Hall–Kier alpha value is -2.80. The Labute approximate surface area is 182 Å². The van der Waals surface area contributed by atoms with E-state index >= 15 is 0 Å². The molecule has 0 spiro atoms. The second kappa shape index (κ2) is 10.8. The molecule has 6 nitrogen and oxygen atoms in total. The molecule has 0 aliphatic carbocycles. The Balaban J connectivity index is 1.49. The van der Waals surface area contributed by atoms with Gasteiger partial charge in [0, 0.05) is 13.1 Å². The number of rotatable bonds is 10. The number of hydrogen-bond donors (Lipinski definition) is 1. The zero-order valence-electron chi connectivity index (χ0n) is 17.7. The minimum absolute atomic E-state index is 0.00498. The first-order valence-electron chi connectivity index (χ1n) is 10.1. The molecule has 0 bridgehead atoms. The summed E-state index contributed by atoms with van der Waals surface area (Å²) in [6.07, 6.45) is 0.822. The molecule has 1 N–H and O–H groups in total. The summed E-state index contributed by atoms with van der Waals surface area (Å²) in [5, 5.41) is 12.2. The number of aryl methyl sites for hydroxylation is 2. The molecule has 158 valence electrons. The monoisotopic (exact) mass is 424 g/mol. The fourth-order valence-corrected chi connectivity index (χ4v) is 4.04. The van der Waals surface area contributed by atoms with Crippen LogP contribution in [0.1, 0.15) is 29.4 Å². The summed E-state index contributed by atoms with van der Waals surface area (Å²) in [6.45, 7) is 7.82. The molecule has 0 saturated heterocycles. The average molecular weight is 425 g/mol. The van der Waals surface area contributed by atoms with Gasteiger partial charge in [0.25, 0.3) is 0 Å². The second-order valence-corrected chi connectivity index (χ2v) is 8.07. The van der Waals surface area contributed by atoms with Gasteiger partial charge in [0.05, 0.1) is 5.75 Å². The van der Waals surface area contributed by atoms with Crippen LogP contribution in [0.5, 0.6) is 5.75 Å². The molecular formula is C23H28N4O2S. The number of thioether (sulfide) groups is 1. The van der Waals surface area contributed by atoms with E-state index in [1.54, 1.807) is 0 Å². The van der Waals surface area contributed by atoms with Crippen LogP contribution in [0.3, 0.4) is 0 Å². The van der Waals surface area contributed by atoms with E-state index in [-0.39, 0.29) is 5.91 Å². The number of nitrogens with one attached hydrogen (secondary N) is 1. The molecule has 1 aromatic heterocycles. The van der Waals surface area contributed by atoms with Crippen molar-refractivity contribution in [3.05, 3.63) is 71.0 Å². The maximum atomic E-state index is 12.2. The highest BCUT2D eigenvalue weighted by Crippen LogP contribution is 2.20. The van der Waals surface area contributed by atoms with Crippen molar-refractivity contribution in [3.63, 3.8) is 0 Å². The van der Waals surface area contributed by atoms with Crippen LogP contribution in [0.25, 0.3) is 0 Å². The Kier molecular flexibility index (Phi) is 7.90. The van der Waals surface area contributed by atoms with E-state index in [1.807, 2.05) is 55.7 Å². The minimum Gasteiger partial charge on any atom is -0.486 e. The lowest BCUT2D eigenvalue weighted by Gasteiger charge is -2.10. The van der Waals surface area contributed by atoms with Gasteiger partial charge in [-0.25, -0.2) is 0 Å². The molecular weight excluding hydrogens is 396 g/mol. The van der Waals surface area contributed by atoms with Crippen molar-refractivity contribution in [1.82, 2.24) is 20.1 Å². The Morgan fingerprint density at radius 1 is 1.10 bits per heavy atom. The predicted octanol–water partition coefficient (Wildman–Crippen LogP) is 3.94.